The molecule has 162 valence electrons. The minimum Gasteiger partial charge on any atom is -0.382 e. The molecular weight excluding hydrogens is 446 g/mol. The molecule has 32 heavy (non-hydrogen) atoms. The van der Waals surface area contributed by atoms with Crippen LogP contribution in [0.1, 0.15) is 0 Å². The van der Waals surface area contributed by atoms with E-state index in [-0.39, 0.29) is 23.0 Å². The molecule has 8 heteroatoms. The van der Waals surface area contributed by atoms with Gasteiger partial charge in [-0.3, -0.25) is 9.05 Å². The van der Waals surface area contributed by atoms with Crippen LogP contribution >= 0.6 is 14.9 Å². The van der Waals surface area contributed by atoms with Crippen molar-refractivity contribution in [2.45, 2.75) is 0 Å². The van der Waals surface area contributed by atoms with Crippen molar-refractivity contribution in [3.05, 3.63) is 121 Å². The summed E-state index contributed by atoms with van der Waals surface area (Å²) in [4.78, 5) is 11.7. The SMILES string of the molecule is O=P(Oc1ccccc1)(Oc1ccccc1)[P+](O)(Oc1ccccc1)Oc1ccccc1. The van der Waals surface area contributed by atoms with Crippen molar-refractivity contribution in [1.82, 2.24) is 0 Å². The zero-order valence-corrected chi connectivity index (χ0v) is 18.7. The third kappa shape index (κ3) is 5.30. The Morgan fingerprint density at radius 2 is 0.781 bits per heavy atom. The number of hydrogen-bond acceptors (Lipinski definition) is 6. The minimum absolute atomic E-state index is 0.235. The van der Waals surface area contributed by atoms with Crippen molar-refractivity contribution in [1.29, 1.82) is 0 Å². The summed E-state index contributed by atoms with van der Waals surface area (Å²) in [5.41, 5.74) is 0. The van der Waals surface area contributed by atoms with Crippen LogP contribution in [0.25, 0.3) is 0 Å². The molecule has 0 aliphatic heterocycles. The van der Waals surface area contributed by atoms with Gasteiger partial charge >= 0.3 is 14.9 Å². The third-order valence-electron chi connectivity index (χ3n) is 4.17. The molecule has 0 aliphatic carbocycles. The molecule has 0 unspecified atom stereocenters. The van der Waals surface area contributed by atoms with Gasteiger partial charge in [0, 0.05) is 0 Å². The average molecular weight is 467 g/mol. The van der Waals surface area contributed by atoms with E-state index >= 15 is 0 Å². The maximum absolute atomic E-state index is 14.3. The highest BCUT2D eigenvalue weighted by Crippen LogP contribution is 2.86. The Morgan fingerprint density at radius 3 is 1.09 bits per heavy atom. The highest BCUT2D eigenvalue weighted by atomic mass is 32.1. The van der Waals surface area contributed by atoms with Crippen LogP contribution < -0.4 is 18.1 Å². The summed E-state index contributed by atoms with van der Waals surface area (Å²) >= 11 is 0. The van der Waals surface area contributed by atoms with Crippen LogP contribution in [-0.2, 0) is 4.57 Å². The molecule has 4 aromatic rings. The second-order valence-corrected chi connectivity index (χ2v) is 12.2. The topological polar surface area (TPSA) is 74.2 Å². The predicted molar refractivity (Wildman–Crippen MR) is 125 cm³/mol. The second-order valence-electron chi connectivity index (χ2n) is 6.58. The summed E-state index contributed by atoms with van der Waals surface area (Å²) in [7, 11) is -8.85. The van der Waals surface area contributed by atoms with Crippen LogP contribution in [0.15, 0.2) is 121 Å². The molecule has 6 nitrogen and oxygen atoms in total. The summed E-state index contributed by atoms with van der Waals surface area (Å²) in [5, 5.41) is 0. The first kappa shape index (κ1) is 21.9. The van der Waals surface area contributed by atoms with Gasteiger partial charge in [-0.2, -0.15) is 9.46 Å². The minimum atomic E-state index is -4.49. The Kier molecular flexibility index (Phi) is 6.77. The van der Waals surface area contributed by atoms with Gasteiger partial charge in [0.05, 0.1) is 0 Å². The van der Waals surface area contributed by atoms with Crippen LogP contribution in [0.4, 0.5) is 0 Å². The highest BCUT2D eigenvalue weighted by molar-refractivity contribution is 8.31. The van der Waals surface area contributed by atoms with Gasteiger partial charge in [-0.1, -0.05) is 72.8 Å². The van der Waals surface area contributed by atoms with Crippen molar-refractivity contribution in [3.8, 4) is 23.0 Å². The molecule has 0 aromatic heterocycles. The summed E-state index contributed by atoms with van der Waals surface area (Å²) in [6, 6.07) is 33.9. The van der Waals surface area contributed by atoms with E-state index in [1.165, 1.54) is 0 Å². The van der Waals surface area contributed by atoms with Crippen molar-refractivity contribution in [2.24, 2.45) is 0 Å². The van der Waals surface area contributed by atoms with Crippen molar-refractivity contribution in [2.75, 3.05) is 0 Å². The monoisotopic (exact) mass is 467 g/mol. The number of para-hydroxylation sites is 4. The fourth-order valence-corrected chi connectivity index (χ4v) is 7.11. The summed E-state index contributed by atoms with van der Waals surface area (Å²) in [5.74, 6) is 0.984. The molecule has 0 radical (unpaired) electrons. The lowest BCUT2D eigenvalue weighted by atomic mass is 10.3. The van der Waals surface area contributed by atoms with Crippen LogP contribution in [0.5, 0.6) is 23.0 Å². The molecule has 1 N–H and O–H groups in total. The summed E-state index contributed by atoms with van der Waals surface area (Å²) < 4.78 is 37.6. The van der Waals surface area contributed by atoms with Gasteiger partial charge in [0.2, 0.25) is 0 Å². The first-order valence-electron chi connectivity index (χ1n) is 9.77. The van der Waals surface area contributed by atoms with Crippen LogP contribution in [0, 0.1) is 0 Å². The van der Waals surface area contributed by atoms with Gasteiger partial charge < -0.3 is 9.05 Å². The molecule has 0 bridgehead atoms. The van der Waals surface area contributed by atoms with E-state index in [1.807, 2.05) is 0 Å². The average Bonchev–Trinajstić information content (AvgIpc) is 2.81. The molecule has 0 fully saturated rings. The normalized spacial score (nSPS) is 11.4. The maximum Gasteiger partial charge on any atom is 0.687 e. The zero-order valence-electron chi connectivity index (χ0n) is 16.9. The number of rotatable bonds is 9. The first-order chi connectivity index (χ1) is 15.6. The molecule has 0 saturated heterocycles. The van der Waals surface area contributed by atoms with Gasteiger partial charge in [0.1, 0.15) is 11.5 Å². The van der Waals surface area contributed by atoms with E-state index in [1.54, 1.807) is 121 Å². The highest BCUT2D eigenvalue weighted by Gasteiger charge is 2.72. The number of hydrogen-bond donors (Lipinski definition) is 1. The molecule has 0 saturated carbocycles. The third-order valence-corrected chi connectivity index (χ3v) is 9.41. The van der Waals surface area contributed by atoms with Gasteiger partial charge in [-0.15, -0.1) is 0 Å². The Balaban J connectivity index is 1.79. The van der Waals surface area contributed by atoms with Crippen molar-refractivity contribution >= 4 is 14.9 Å². The van der Waals surface area contributed by atoms with E-state index in [0.29, 0.717) is 0 Å². The van der Waals surface area contributed by atoms with E-state index < -0.39 is 14.9 Å². The van der Waals surface area contributed by atoms with E-state index in [2.05, 4.69) is 0 Å². The molecular formula is C24H21O6P2+. The van der Waals surface area contributed by atoms with Crippen LogP contribution in [0.2, 0.25) is 0 Å². The molecule has 0 spiro atoms. The van der Waals surface area contributed by atoms with E-state index in [0.717, 1.165) is 0 Å². The fourth-order valence-electron chi connectivity index (χ4n) is 2.71. The molecule has 4 aromatic carbocycles. The zero-order chi connectivity index (χ0) is 22.3. The largest absolute Gasteiger partial charge is 0.687 e. The lowest BCUT2D eigenvalue weighted by molar-refractivity contribution is 0.331. The first-order valence-corrected chi connectivity index (χ1v) is 13.6. The van der Waals surface area contributed by atoms with Crippen LogP contribution in [-0.4, -0.2) is 4.89 Å². The van der Waals surface area contributed by atoms with E-state index in [4.69, 9.17) is 18.1 Å². The van der Waals surface area contributed by atoms with Gasteiger partial charge in [0.25, 0.3) is 0 Å². The molecule has 0 atom stereocenters. The van der Waals surface area contributed by atoms with Gasteiger partial charge in [0.15, 0.2) is 11.5 Å². The fraction of sp³-hybridized carbons (Fsp3) is 0. The number of benzene rings is 4. The predicted octanol–water partition coefficient (Wildman–Crippen LogP) is 7.17. The van der Waals surface area contributed by atoms with E-state index in [9.17, 15) is 9.46 Å². The Labute approximate surface area is 187 Å². The molecule has 0 heterocycles. The molecule has 0 aliphatic rings. The van der Waals surface area contributed by atoms with Gasteiger partial charge in [-0.25, -0.2) is 0 Å². The molecule has 0 amide bonds. The quantitative estimate of drug-likeness (QED) is 0.263. The molecule has 4 rings (SSSR count). The van der Waals surface area contributed by atoms with Crippen LogP contribution in [0.3, 0.4) is 0 Å². The van der Waals surface area contributed by atoms with Crippen molar-refractivity contribution < 1.29 is 27.6 Å². The smallest absolute Gasteiger partial charge is 0.382 e. The summed E-state index contributed by atoms with van der Waals surface area (Å²) in [6.07, 6.45) is 0. The van der Waals surface area contributed by atoms with Gasteiger partial charge in [-0.05, 0) is 48.5 Å². The lowest BCUT2D eigenvalue weighted by Crippen LogP contribution is -2.15. The second kappa shape index (κ2) is 9.88. The van der Waals surface area contributed by atoms with Crippen molar-refractivity contribution in [3.63, 3.8) is 0 Å². The Bertz CT molecular complexity index is 1070. The standard InChI is InChI=1S/C24H21O6P2/c25-31(27-21-13-5-1-6-14-21,28-22-15-7-2-8-16-22)32(26,29-23-17-9-3-10-18-23)30-24-19-11-4-12-20-24/h1-20,25H/q+1. The Hall–Kier alpha value is -3.30. The lowest BCUT2D eigenvalue weighted by Gasteiger charge is -2.24. The summed E-state index contributed by atoms with van der Waals surface area (Å²) in [6.45, 7) is 0. The maximum atomic E-state index is 14.3. The Morgan fingerprint density at radius 1 is 0.500 bits per heavy atom.